The Hall–Kier alpha value is -2.94. The van der Waals surface area contributed by atoms with Gasteiger partial charge in [0.1, 0.15) is 0 Å². The molecular weight excluding hydrogens is 566 g/mol. The van der Waals surface area contributed by atoms with Crippen LogP contribution in [-0.4, -0.2) is 90.0 Å². The zero-order valence-electron chi connectivity index (χ0n) is 23.8. The Morgan fingerprint density at radius 2 is 1.07 bits per heavy atom. The molecule has 2 aliphatic heterocycles. The molecule has 2 N–H and O–H groups in total. The second-order valence-corrected chi connectivity index (χ2v) is 10.4. The molecule has 0 amide bonds. The second-order valence-electron chi connectivity index (χ2n) is 10.4. The highest BCUT2D eigenvalue weighted by atomic mass is 19.4. The first-order valence-corrected chi connectivity index (χ1v) is 13.9. The maximum absolute atomic E-state index is 13.1. The molecule has 8 nitrogen and oxygen atoms in total. The fourth-order valence-corrected chi connectivity index (χ4v) is 5.08. The molecule has 4 rings (SSSR count). The van der Waals surface area contributed by atoms with Gasteiger partial charge in [-0.2, -0.15) is 26.3 Å². The largest absolute Gasteiger partial charge is 0.416 e. The number of alkyl halides is 6. The van der Waals surface area contributed by atoms with Gasteiger partial charge in [-0.1, -0.05) is 26.0 Å². The second kappa shape index (κ2) is 14.5. The summed E-state index contributed by atoms with van der Waals surface area (Å²) in [5.74, 6) is 0. The molecule has 0 aliphatic carbocycles. The molecule has 0 atom stereocenters. The summed E-state index contributed by atoms with van der Waals surface area (Å²) in [5, 5.41) is 10.7. The fourth-order valence-electron chi connectivity index (χ4n) is 5.08. The summed E-state index contributed by atoms with van der Waals surface area (Å²) in [4.78, 5) is 18.4. The number of nitrogens with two attached hydrogens (primary N) is 1. The molecule has 2 saturated heterocycles. The lowest BCUT2D eigenvalue weighted by atomic mass is 10.0. The topological polar surface area (TPSA) is 82.1 Å². The highest BCUT2D eigenvalue weighted by Crippen LogP contribution is 2.35. The van der Waals surface area contributed by atoms with E-state index in [1.54, 1.807) is 0 Å². The molecule has 42 heavy (non-hydrogen) atoms. The molecule has 2 fully saturated rings. The van der Waals surface area contributed by atoms with Crippen LogP contribution in [0.2, 0.25) is 0 Å². The predicted molar refractivity (Wildman–Crippen MR) is 149 cm³/mol. The third-order valence-corrected chi connectivity index (χ3v) is 7.66. The van der Waals surface area contributed by atoms with E-state index >= 15 is 0 Å². The van der Waals surface area contributed by atoms with Gasteiger partial charge in [0.2, 0.25) is 0 Å². The Morgan fingerprint density at radius 1 is 0.690 bits per heavy atom. The van der Waals surface area contributed by atoms with Gasteiger partial charge in [0.25, 0.3) is 5.69 Å². The van der Waals surface area contributed by atoms with Crippen molar-refractivity contribution >= 4 is 11.4 Å². The molecule has 0 radical (unpaired) electrons. The van der Waals surface area contributed by atoms with E-state index in [9.17, 15) is 36.5 Å². The minimum Gasteiger partial charge on any atom is -0.399 e. The molecular formula is C28H38F6N6O2. The van der Waals surface area contributed by atoms with Crippen LogP contribution >= 0.6 is 0 Å². The molecule has 0 bridgehead atoms. The minimum atomic E-state index is -4.59. The van der Waals surface area contributed by atoms with Gasteiger partial charge in [0.15, 0.2) is 0 Å². The molecule has 2 heterocycles. The normalized spacial score (nSPS) is 18.0. The van der Waals surface area contributed by atoms with Crippen molar-refractivity contribution in [2.45, 2.75) is 39.3 Å². The number of halogens is 6. The van der Waals surface area contributed by atoms with E-state index in [1.165, 1.54) is 18.2 Å². The van der Waals surface area contributed by atoms with Crippen molar-refractivity contribution in [3.05, 3.63) is 68.8 Å². The number of nitro groups is 1. The molecule has 0 saturated carbocycles. The summed E-state index contributed by atoms with van der Waals surface area (Å²) >= 11 is 0. The number of non-ortho nitro benzene ring substituents is 1. The van der Waals surface area contributed by atoms with Gasteiger partial charge < -0.3 is 15.5 Å². The first kappa shape index (κ1) is 33.6. The Kier molecular flexibility index (Phi) is 11.6. The SMILES string of the molecule is CCN1CCN(Cc2ccc(N)cc2C(F)(F)F)CC1.CCN1CCN(Cc2ccc([N+](=O)[O-])cc2C(F)(F)F)CC1. The first-order chi connectivity index (χ1) is 19.7. The van der Waals surface area contributed by atoms with Crippen LogP contribution in [0.3, 0.4) is 0 Å². The first-order valence-electron chi connectivity index (χ1n) is 13.9. The fraction of sp³-hybridized carbons (Fsp3) is 0.571. The van der Waals surface area contributed by atoms with Crippen LogP contribution in [0.1, 0.15) is 36.1 Å². The van der Waals surface area contributed by atoms with Crippen LogP contribution < -0.4 is 5.73 Å². The van der Waals surface area contributed by atoms with E-state index < -0.39 is 34.1 Å². The zero-order valence-corrected chi connectivity index (χ0v) is 23.8. The van der Waals surface area contributed by atoms with Crippen LogP contribution in [-0.2, 0) is 25.4 Å². The summed E-state index contributed by atoms with van der Waals surface area (Å²) in [5.41, 5.74) is 3.94. The quantitative estimate of drug-likeness (QED) is 0.202. The molecule has 0 spiro atoms. The van der Waals surface area contributed by atoms with Crippen LogP contribution in [0.4, 0.5) is 37.7 Å². The number of rotatable bonds is 7. The number of hydrogen-bond acceptors (Lipinski definition) is 7. The number of anilines is 1. The predicted octanol–water partition coefficient (Wildman–Crippen LogP) is 5.18. The van der Waals surface area contributed by atoms with Crippen LogP contribution in [0, 0.1) is 10.1 Å². The van der Waals surface area contributed by atoms with Gasteiger partial charge in [0.05, 0.1) is 16.1 Å². The number of hydrogen-bond donors (Lipinski definition) is 1. The molecule has 0 unspecified atom stereocenters. The Labute approximate surface area is 241 Å². The summed E-state index contributed by atoms with van der Waals surface area (Å²) in [6, 6.07) is 7.02. The monoisotopic (exact) mass is 604 g/mol. The molecule has 2 aromatic carbocycles. The lowest BCUT2D eigenvalue weighted by Crippen LogP contribution is -2.45. The minimum absolute atomic E-state index is 0.0862. The van der Waals surface area contributed by atoms with Crippen molar-refractivity contribution in [1.82, 2.24) is 19.6 Å². The lowest BCUT2D eigenvalue weighted by Gasteiger charge is -2.34. The Balaban J connectivity index is 0.000000231. The van der Waals surface area contributed by atoms with Gasteiger partial charge in [-0.25, -0.2) is 0 Å². The van der Waals surface area contributed by atoms with E-state index in [2.05, 4.69) is 21.6 Å². The van der Waals surface area contributed by atoms with Crippen molar-refractivity contribution in [1.29, 1.82) is 0 Å². The smallest absolute Gasteiger partial charge is 0.399 e. The van der Waals surface area contributed by atoms with Crippen molar-refractivity contribution in [3.8, 4) is 0 Å². The van der Waals surface area contributed by atoms with Gasteiger partial charge in [-0.15, -0.1) is 0 Å². The Morgan fingerprint density at radius 3 is 1.45 bits per heavy atom. The number of nitrogens with zero attached hydrogens (tertiary/aromatic N) is 5. The molecule has 2 aliphatic rings. The maximum Gasteiger partial charge on any atom is 0.416 e. The van der Waals surface area contributed by atoms with Crippen molar-refractivity contribution in [2.24, 2.45) is 0 Å². The van der Waals surface area contributed by atoms with Crippen molar-refractivity contribution < 1.29 is 31.3 Å². The zero-order chi connectivity index (χ0) is 31.1. The van der Waals surface area contributed by atoms with Crippen LogP contribution in [0.25, 0.3) is 0 Å². The van der Waals surface area contributed by atoms with E-state index in [4.69, 9.17) is 5.73 Å². The average Bonchev–Trinajstić information content (AvgIpc) is 2.94. The van der Waals surface area contributed by atoms with Crippen molar-refractivity contribution in [3.63, 3.8) is 0 Å². The number of nitrogen functional groups attached to an aromatic ring is 1. The lowest BCUT2D eigenvalue weighted by molar-refractivity contribution is -0.385. The number of benzene rings is 2. The number of piperazine rings is 2. The average molecular weight is 605 g/mol. The maximum atomic E-state index is 13.1. The van der Waals surface area contributed by atoms with E-state index in [0.717, 1.165) is 64.5 Å². The molecule has 14 heteroatoms. The third kappa shape index (κ3) is 9.54. The highest BCUT2D eigenvalue weighted by molar-refractivity contribution is 5.46. The molecule has 234 valence electrons. The van der Waals surface area contributed by atoms with Crippen LogP contribution in [0.15, 0.2) is 36.4 Å². The molecule has 0 aromatic heterocycles. The van der Waals surface area contributed by atoms with E-state index in [-0.39, 0.29) is 17.8 Å². The van der Waals surface area contributed by atoms with E-state index in [1.807, 2.05) is 11.8 Å². The van der Waals surface area contributed by atoms with Gasteiger partial charge in [0, 0.05) is 83.3 Å². The van der Waals surface area contributed by atoms with Crippen molar-refractivity contribution in [2.75, 3.05) is 71.2 Å². The summed E-state index contributed by atoms with van der Waals surface area (Å²) < 4.78 is 78.4. The van der Waals surface area contributed by atoms with Gasteiger partial charge in [-0.3, -0.25) is 19.9 Å². The Bertz CT molecular complexity index is 1180. The third-order valence-electron chi connectivity index (χ3n) is 7.66. The number of likely N-dealkylation sites (N-methyl/N-ethyl adjacent to an activating group) is 2. The highest BCUT2D eigenvalue weighted by Gasteiger charge is 2.36. The standard InChI is InChI=1S/C14H18F3N3O2.C14H20F3N3/c1-2-18-5-7-19(8-6-18)10-11-3-4-12(20(21)22)9-13(11)14(15,16)17;1-2-19-5-7-20(8-6-19)10-11-3-4-12(18)9-13(11)14(15,16)17/h3-4,9H,2,5-8,10H2,1H3;3-4,9H,2,5-8,10,18H2,1H3. The summed E-state index contributed by atoms with van der Waals surface area (Å²) in [7, 11) is 0. The summed E-state index contributed by atoms with van der Waals surface area (Å²) in [6.45, 7) is 13.0. The van der Waals surface area contributed by atoms with Gasteiger partial charge >= 0.3 is 12.4 Å². The molecule has 2 aromatic rings. The van der Waals surface area contributed by atoms with E-state index in [0.29, 0.717) is 31.3 Å². The van der Waals surface area contributed by atoms with Crippen LogP contribution in [0.5, 0.6) is 0 Å². The number of nitro benzene ring substituents is 1. The summed E-state index contributed by atoms with van der Waals surface area (Å²) in [6.07, 6.45) is -8.94. The van der Waals surface area contributed by atoms with Gasteiger partial charge in [-0.05, 0) is 36.3 Å².